The molecule has 0 unspecified atom stereocenters. The third-order valence-corrected chi connectivity index (χ3v) is 7.36. The molecule has 5 rings (SSSR count). The first-order chi connectivity index (χ1) is 19.4. The Balaban J connectivity index is 1.40. The van der Waals surface area contributed by atoms with Crippen LogP contribution in [-0.4, -0.2) is 42.0 Å². The van der Waals surface area contributed by atoms with Crippen LogP contribution in [-0.2, 0) is 6.54 Å². The van der Waals surface area contributed by atoms with Gasteiger partial charge in [0.2, 0.25) is 5.91 Å². The van der Waals surface area contributed by atoms with Crippen molar-refractivity contribution in [2.24, 2.45) is 5.73 Å². The van der Waals surface area contributed by atoms with Gasteiger partial charge in [-0.2, -0.15) is 5.26 Å². The van der Waals surface area contributed by atoms with Crippen molar-refractivity contribution in [1.82, 2.24) is 9.88 Å². The van der Waals surface area contributed by atoms with E-state index in [2.05, 4.69) is 15.9 Å². The number of pyridine rings is 1. The number of aryl methyl sites for hydroxylation is 1. The quantitative estimate of drug-likeness (QED) is 0.342. The molecule has 0 atom stereocenters. The van der Waals surface area contributed by atoms with E-state index in [0.717, 1.165) is 53.6 Å². The zero-order valence-electron chi connectivity index (χ0n) is 22.2. The molecule has 0 radical (unpaired) electrons. The van der Waals surface area contributed by atoms with Crippen LogP contribution in [0.5, 0.6) is 0 Å². The standard InChI is InChI=1S/C32H29F2N5O/c1-21-6-12-26(32(36)40)30(29(21)23-9-7-22(18-35)8-10-23)24-11-13-28(37-19-24)39-15-3-14-38(16-17-39)20-25-4-2-5-27(33)31(25)34/h2,4-13,19H,3,14-17,20H2,1H3,(H2,36,40). The summed E-state index contributed by atoms with van der Waals surface area (Å²) >= 11 is 0. The van der Waals surface area contributed by atoms with Crippen LogP contribution in [0.15, 0.2) is 72.9 Å². The Labute approximate surface area is 232 Å². The summed E-state index contributed by atoms with van der Waals surface area (Å²) in [4.78, 5) is 21.5. The fraction of sp³-hybridized carbons (Fsp3) is 0.219. The van der Waals surface area contributed by atoms with E-state index in [1.54, 1.807) is 30.5 Å². The van der Waals surface area contributed by atoms with E-state index in [1.807, 2.05) is 37.3 Å². The number of amides is 1. The number of halogens is 2. The molecule has 202 valence electrons. The van der Waals surface area contributed by atoms with Crippen molar-refractivity contribution in [3.63, 3.8) is 0 Å². The normalized spacial score (nSPS) is 14.0. The predicted octanol–water partition coefficient (Wildman–Crippen LogP) is 5.69. The number of nitrogens with zero attached hydrogens (tertiary/aromatic N) is 4. The van der Waals surface area contributed by atoms with Gasteiger partial charge in [-0.25, -0.2) is 13.8 Å². The summed E-state index contributed by atoms with van der Waals surface area (Å²) in [6.07, 6.45) is 2.61. The van der Waals surface area contributed by atoms with Gasteiger partial charge in [-0.1, -0.05) is 30.3 Å². The third kappa shape index (κ3) is 5.56. The number of hydrogen-bond donors (Lipinski definition) is 1. The summed E-state index contributed by atoms with van der Waals surface area (Å²) in [7, 11) is 0. The zero-order valence-corrected chi connectivity index (χ0v) is 22.2. The molecule has 3 aromatic carbocycles. The van der Waals surface area contributed by atoms with Gasteiger partial charge in [-0.05, 0) is 66.4 Å². The van der Waals surface area contributed by atoms with Crippen LogP contribution in [0.4, 0.5) is 14.6 Å². The highest BCUT2D eigenvalue weighted by Crippen LogP contribution is 2.38. The molecule has 1 fully saturated rings. The van der Waals surface area contributed by atoms with Gasteiger partial charge in [0, 0.05) is 61.2 Å². The van der Waals surface area contributed by atoms with Crippen molar-refractivity contribution in [3.8, 4) is 28.3 Å². The number of hydrogen-bond acceptors (Lipinski definition) is 5. The van der Waals surface area contributed by atoms with E-state index in [9.17, 15) is 18.8 Å². The molecule has 40 heavy (non-hydrogen) atoms. The lowest BCUT2D eigenvalue weighted by atomic mass is 9.87. The number of rotatable bonds is 6. The second-order valence-corrected chi connectivity index (χ2v) is 9.97. The summed E-state index contributed by atoms with van der Waals surface area (Å²) in [6, 6.07) is 21.2. The molecule has 0 aliphatic carbocycles. The number of aromatic nitrogens is 1. The Morgan fingerprint density at radius 2 is 1.73 bits per heavy atom. The third-order valence-electron chi connectivity index (χ3n) is 7.36. The molecule has 0 spiro atoms. The molecular weight excluding hydrogens is 508 g/mol. The fourth-order valence-corrected chi connectivity index (χ4v) is 5.29. The summed E-state index contributed by atoms with van der Waals surface area (Å²) < 4.78 is 27.8. The molecule has 1 amide bonds. The molecule has 2 N–H and O–H groups in total. The van der Waals surface area contributed by atoms with Gasteiger partial charge in [0.1, 0.15) is 5.82 Å². The molecule has 0 bridgehead atoms. The van der Waals surface area contributed by atoms with Crippen LogP contribution in [0.2, 0.25) is 0 Å². The second-order valence-electron chi connectivity index (χ2n) is 9.97. The maximum Gasteiger partial charge on any atom is 0.249 e. The van der Waals surface area contributed by atoms with Gasteiger partial charge in [0.25, 0.3) is 0 Å². The first-order valence-electron chi connectivity index (χ1n) is 13.2. The van der Waals surface area contributed by atoms with Crippen LogP contribution in [0.25, 0.3) is 22.3 Å². The van der Waals surface area contributed by atoms with E-state index in [0.29, 0.717) is 41.9 Å². The van der Waals surface area contributed by atoms with Crippen LogP contribution in [0.3, 0.4) is 0 Å². The minimum Gasteiger partial charge on any atom is -0.366 e. The van der Waals surface area contributed by atoms with Crippen LogP contribution in [0.1, 0.15) is 33.5 Å². The number of carbonyl (C=O) groups excluding carboxylic acids is 1. The molecule has 4 aromatic rings. The van der Waals surface area contributed by atoms with Crippen LogP contribution in [0, 0.1) is 29.9 Å². The van der Waals surface area contributed by atoms with Crippen molar-refractivity contribution >= 4 is 11.7 Å². The fourth-order valence-electron chi connectivity index (χ4n) is 5.29. The number of nitriles is 1. The minimum absolute atomic E-state index is 0.352. The van der Waals surface area contributed by atoms with E-state index < -0.39 is 17.5 Å². The highest BCUT2D eigenvalue weighted by molar-refractivity contribution is 6.04. The summed E-state index contributed by atoms with van der Waals surface area (Å²) in [5.41, 5.74) is 11.3. The first kappa shape index (κ1) is 27.0. The number of benzene rings is 3. The number of nitrogens with two attached hydrogens (primary N) is 1. The van der Waals surface area contributed by atoms with Crippen LogP contribution < -0.4 is 10.6 Å². The lowest BCUT2D eigenvalue weighted by Crippen LogP contribution is -2.31. The lowest BCUT2D eigenvalue weighted by Gasteiger charge is -2.23. The lowest BCUT2D eigenvalue weighted by molar-refractivity contribution is 0.100. The molecule has 2 heterocycles. The molecule has 6 nitrogen and oxygen atoms in total. The van der Waals surface area contributed by atoms with Crippen molar-refractivity contribution in [2.45, 2.75) is 19.9 Å². The predicted molar refractivity (Wildman–Crippen MR) is 152 cm³/mol. The average molecular weight is 538 g/mol. The average Bonchev–Trinajstić information content (AvgIpc) is 3.21. The van der Waals surface area contributed by atoms with Gasteiger partial charge in [-0.3, -0.25) is 9.69 Å². The van der Waals surface area contributed by atoms with Crippen molar-refractivity contribution < 1.29 is 13.6 Å². The number of primary amides is 1. The maximum absolute atomic E-state index is 14.2. The van der Waals surface area contributed by atoms with Crippen molar-refractivity contribution in [3.05, 3.63) is 107 Å². The van der Waals surface area contributed by atoms with Crippen molar-refractivity contribution in [2.75, 3.05) is 31.1 Å². The Kier molecular flexibility index (Phi) is 7.85. The van der Waals surface area contributed by atoms with Gasteiger partial charge >= 0.3 is 0 Å². The summed E-state index contributed by atoms with van der Waals surface area (Å²) in [5.74, 6) is -1.34. The largest absolute Gasteiger partial charge is 0.366 e. The summed E-state index contributed by atoms with van der Waals surface area (Å²) in [5, 5.41) is 9.20. The van der Waals surface area contributed by atoms with E-state index in [4.69, 9.17) is 10.7 Å². The van der Waals surface area contributed by atoms with Gasteiger partial charge in [0.15, 0.2) is 11.6 Å². The second kappa shape index (κ2) is 11.6. The zero-order chi connectivity index (χ0) is 28.2. The number of anilines is 1. The molecule has 0 saturated carbocycles. The monoisotopic (exact) mass is 537 g/mol. The Hall–Kier alpha value is -4.61. The molecule has 1 aromatic heterocycles. The van der Waals surface area contributed by atoms with Gasteiger partial charge < -0.3 is 10.6 Å². The maximum atomic E-state index is 14.2. The Morgan fingerprint density at radius 1 is 0.950 bits per heavy atom. The van der Waals surface area contributed by atoms with Gasteiger partial charge in [0.05, 0.1) is 11.6 Å². The van der Waals surface area contributed by atoms with E-state index >= 15 is 0 Å². The SMILES string of the molecule is Cc1ccc(C(N)=O)c(-c2ccc(N3CCCN(Cc4cccc(F)c4F)CC3)nc2)c1-c1ccc(C#N)cc1. The molecular formula is C32H29F2N5O. The van der Waals surface area contributed by atoms with E-state index in [-0.39, 0.29) is 0 Å². The minimum atomic E-state index is -0.825. The van der Waals surface area contributed by atoms with E-state index in [1.165, 1.54) is 6.07 Å². The van der Waals surface area contributed by atoms with Gasteiger partial charge in [-0.15, -0.1) is 0 Å². The molecule has 8 heteroatoms. The van der Waals surface area contributed by atoms with Crippen LogP contribution >= 0.6 is 0 Å². The smallest absolute Gasteiger partial charge is 0.249 e. The molecule has 1 aliphatic rings. The summed E-state index contributed by atoms with van der Waals surface area (Å²) in [6.45, 7) is 5.25. The topological polar surface area (TPSA) is 86.2 Å². The Bertz CT molecular complexity index is 1580. The highest BCUT2D eigenvalue weighted by Gasteiger charge is 2.21. The number of carbonyl (C=O) groups is 1. The molecule has 1 aliphatic heterocycles. The van der Waals surface area contributed by atoms with Crippen molar-refractivity contribution in [1.29, 1.82) is 5.26 Å². The Morgan fingerprint density at radius 3 is 2.42 bits per heavy atom. The highest BCUT2D eigenvalue weighted by atomic mass is 19.2. The molecule has 1 saturated heterocycles. The first-order valence-corrected chi connectivity index (χ1v) is 13.2.